The summed E-state index contributed by atoms with van der Waals surface area (Å²) >= 11 is 11.8. The lowest BCUT2D eigenvalue weighted by atomic mass is 9.86. The van der Waals surface area contributed by atoms with Crippen LogP contribution in [0.4, 0.5) is 18.0 Å². The highest BCUT2D eigenvalue weighted by atomic mass is 35.5. The molecule has 2 aromatic carbocycles. The van der Waals surface area contributed by atoms with Crippen LogP contribution in [0, 0.1) is 5.92 Å². The Morgan fingerprint density at radius 1 is 1.19 bits per heavy atom. The zero-order valence-electron chi connectivity index (χ0n) is 17.3. The average Bonchev–Trinajstić information content (AvgIpc) is 3.17. The van der Waals surface area contributed by atoms with Crippen molar-refractivity contribution in [1.82, 2.24) is 5.32 Å². The number of oxime groups is 1. The number of hydrogen-bond acceptors (Lipinski definition) is 4. The van der Waals surface area contributed by atoms with Crippen LogP contribution in [0.2, 0.25) is 10.0 Å². The van der Waals surface area contributed by atoms with Gasteiger partial charge in [-0.2, -0.15) is 13.2 Å². The zero-order chi connectivity index (χ0) is 23.5. The average molecular weight is 489 g/mol. The first-order chi connectivity index (χ1) is 15.0. The van der Waals surface area contributed by atoms with Crippen LogP contribution in [-0.4, -0.2) is 24.6 Å². The van der Waals surface area contributed by atoms with Crippen LogP contribution in [0.15, 0.2) is 47.6 Å². The van der Waals surface area contributed by atoms with Crippen LogP contribution >= 0.6 is 23.2 Å². The lowest BCUT2D eigenvalue weighted by molar-refractivity contribution is -0.275. The lowest BCUT2D eigenvalue weighted by Crippen LogP contribution is -2.42. The highest BCUT2D eigenvalue weighted by Crippen LogP contribution is 2.49. The van der Waals surface area contributed by atoms with Crippen molar-refractivity contribution in [3.05, 3.63) is 69.2 Å². The van der Waals surface area contributed by atoms with E-state index in [9.17, 15) is 18.0 Å². The number of rotatable bonds is 6. The molecule has 1 atom stereocenters. The predicted octanol–water partition coefficient (Wildman–Crippen LogP) is 6.46. The molecule has 32 heavy (non-hydrogen) atoms. The summed E-state index contributed by atoms with van der Waals surface area (Å²) in [6.45, 7) is 4.38. The highest BCUT2D eigenvalue weighted by molar-refractivity contribution is 6.34. The van der Waals surface area contributed by atoms with Crippen molar-refractivity contribution in [2.24, 2.45) is 11.1 Å². The van der Waals surface area contributed by atoms with Gasteiger partial charge in [-0.3, -0.25) is 0 Å². The third kappa shape index (κ3) is 5.48. The molecule has 1 aliphatic rings. The number of carbonyl (C=O) groups excluding carboxylic acids is 1. The van der Waals surface area contributed by atoms with E-state index in [1.54, 1.807) is 24.3 Å². The molecule has 1 amide bonds. The number of ether oxygens (including phenoxy) is 1. The third-order valence-corrected chi connectivity index (χ3v) is 5.22. The Kier molecular flexibility index (Phi) is 7.25. The van der Waals surface area contributed by atoms with Crippen LogP contribution in [-0.2, 0) is 21.7 Å². The van der Waals surface area contributed by atoms with Crippen LogP contribution < -0.4 is 5.32 Å². The number of halogens is 5. The summed E-state index contributed by atoms with van der Waals surface area (Å²) in [5, 5.41) is 6.48. The molecule has 0 aliphatic carbocycles. The minimum Gasteiger partial charge on any atom is -0.449 e. The minimum absolute atomic E-state index is 0.0666. The van der Waals surface area contributed by atoms with Gasteiger partial charge < -0.3 is 14.9 Å². The first kappa shape index (κ1) is 24.2. The molecule has 10 heteroatoms. The number of carbonyl (C=O) groups is 1. The number of hydrogen-bond donors (Lipinski definition) is 1. The monoisotopic (exact) mass is 488 g/mol. The van der Waals surface area contributed by atoms with Gasteiger partial charge in [0, 0.05) is 28.6 Å². The maximum atomic E-state index is 14.1. The zero-order valence-corrected chi connectivity index (χ0v) is 18.8. The molecule has 2 aromatic rings. The fourth-order valence-electron chi connectivity index (χ4n) is 3.13. The van der Waals surface area contributed by atoms with E-state index in [1.165, 1.54) is 18.2 Å². The van der Waals surface area contributed by atoms with Crippen LogP contribution in [0.1, 0.15) is 37.0 Å². The molecule has 1 aliphatic heterocycles. The third-order valence-electron chi connectivity index (χ3n) is 4.79. The molecule has 0 bridgehead atoms. The summed E-state index contributed by atoms with van der Waals surface area (Å²) in [7, 11) is 0. The van der Waals surface area contributed by atoms with Gasteiger partial charge in [0.1, 0.15) is 0 Å². The number of nitrogens with zero attached hydrogens (tertiary/aromatic N) is 1. The fourth-order valence-corrected chi connectivity index (χ4v) is 3.65. The smallest absolute Gasteiger partial charge is 0.435 e. The molecular formula is C22H21Cl2F3N2O3. The first-order valence-corrected chi connectivity index (χ1v) is 10.5. The summed E-state index contributed by atoms with van der Waals surface area (Å²) < 4.78 is 47.2. The van der Waals surface area contributed by atoms with E-state index in [-0.39, 0.29) is 33.8 Å². The number of alkyl halides is 3. The van der Waals surface area contributed by atoms with Gasteiger partial charge in [0.05, 0.1) is 12.3 Å². The summed E-state index contributed by atoms with van der Waals surface area (Å²) in [6.07, 6.45) is -5.83. The number of nitrogens with one attached hydrogen (secondary N) is 1. The quantitative estimate of drug-likeness (QED) is 0.507. The SMILES string of the molecule is CC(C)COC(=O)NCc1ccc(C2=NOC(c3cc(Cl)cc(Cl)c3)(C(F)(F)F)C2)cc1. The molecule has 0 saturated carbocycles. The van der Waals surface area contributed by atoms with Crippen molar-refractivity contribution in [2.45, 2.75) is 38.6 Å². The Morgan fingerprint density at radius 3 is 2.38 bits per heavy atom. The topological polar surface area (TPSA) is 59.9 Å². The molecule has 0 radical (unpaired) electrons. The molecule has 0 saturated heterocycles. The van der Waals surface area contributed by atoms with Gasteiger partial charge in [-0.25, -0.2) is 4.79 Å². The van der Waals surface area contributed by atoms with Crippen molar-refractivity contribution < 1.29 is 27.5 Å². The van der Waals surface area contributed by atoms with Gasteiger partial charge >= 0.3 is 12.3 Å². The van der Waals surface area contributed by atoms with Crippen molar-refractivity contribution >= 4 is 35.0 Å². The van der Waals surface area contributed by atoms with Crippen molar-refractivity contribution in [1.29, 1.82) is 0 Å². The number of alkyl carbamates (subject to hydrolysis) is 1. The van der Waals surface area contributed by atoms with Crippen molar-refractivity contribution in [3.8, 4) is 0 Å². The molecular weight excluding hydrogens is 468 g/mol. The standard InChI is InChI=1S/C22H21Cl2F3N2O3/c1-13(2)12-31-20(30)28-11-14-3-5-15(6-4-14)19-10-21(32-29-19,22(25,26)27)16-7-17(23)9-18(24)8-16/h3-9,13H,10-12H2,1-2H3,(H,28,30). The summed E-state index contributed by atoms with van der Waals surface area (Å²) in [4.78, 5) is 16.6. The summed E-state index contributed by atoms with van der Waals surface area (Å²) in [6, 6.07) is 10.3. The summed E-state index contributed by atoms with van der Waals surface area (Å²) in [5.74, 6) is 0.223. The lowest BCUT2D eigenvalue weighted by Gasteiger charge is -2.29. The van der Waals surface area contributed by atoms with Gasteiger partial charge in [0.25, 0.3) is 5.60 Å². The van der Waals surface area contributed by atoms with Gasteiger partial charge in [0.2, 0.25) is 0 Å². The molecule has 1 N–H and O–H groups in total. The van der Waals surface area contributed by atoms with Crippen LogP contribution in [0.25, 0.3) is 0 Å². The fraction of sp³-hybridized carbons (Fsp3) is 0.364. The molecule has 0 spiro atoms. The second kappa shape index (κ2) is 9.58. The maximum absolute atomic E-state index is 14.1. The molecule has 0 fully saturated rings. The second-order valence-electron chi connectivity index (χ2n) is 7.83. The Balaban J connectivity index is 1.72. The molecule has 172 valence electrons. The van der Waals surface area contributed by atoms with Gasteiger partial charge in [-0.15, -0.1) is 0 Å². The second-order valence-corrected chi connectivity index (χ2v) is 8.70. The normalized spacial score (nSPS) is 18.3. The van der Waals surface area contributed by atoms with E-state index >= 15 is 0 Å². The minimum atomic E-state index is -4.76. The van der Waals surface area contributed by atoms with E-state index in [0.717, 1.165) is 5.56 Å². The van der Waals surface area contributed by atoms with E-state index < -0.39 is 24.3 Å². The van der Waals surface area contributed by atoms with Gasteiger partial charge in [0.15, 0.2) is 0 Å². The maximum Gasteiger partial charge on any atom is 0.435 e. The largest absolute Gasteiger partial charge is 0.449 e. The predicted molar refractivity (Wildman–Crippen MR) is 116 cm³/mol. The molecule has 3 rings (SSSR count). The highest BCUT2D eigenvalue weighted by Gasteiger charge is 2.62. The Bertz CT molecular complexity index is 990. The van der Waals surface area contributed by atoms with Crippen LogP contribution in [0.3, 0.4) is 0 Å². The number of benzene rings is 2. The van der Waals surface area contributed by atoms with Gasteiger partial charge in [-0.05, 0) is 35.2 Å². The van der Waals surface area contributed by atoms with Gasteiger partial charge in [-0.1, -0.05) is 66.5 Å². The van der Waals surface area contributed by atoms with E-state index in [0.29, 0.717) is 12.2 Å². The molecule has 1 heterocycles. The Labute approximate surface area is 193 Å². The van der Waals surface area contributed by atoms with E-state index in [2.05, 4.69) is 10.5 Å². The first-order valence-electron chi connectivity index (χ1n) is 9.78. The molecule has 5 nitrogen and oxygen atoms in total. The summed E-state index contributed by atoms with van der Waals surface area (Å²) in [5.41, 5.74) is -1.55. The van der Waals surface area contributed by atoms with E-state index in [4.69, 9.17) is 32.8 Å². The molecule has 1 unspecified atom stereocenters. The van der Waals surface area contributed by atoms with Crippen LogP contribution in [0.5, 0.6) is 0 Å². The van der Waals surface area contributed by atoms with Crippen molar-refractivity contribution in [3.63, 3.8) is 0 Å². The van der Waals surface area contributed by atoms with E-state index in [1.807, 2.05) is 13.8 Å². The Hall–Kier alpha value is -2.45. The Morgan fingerprint density at radius 2 is 1.81 bits per heavy atom. The van der Waals surface area contributed by atoms with Crippen molar-refractivity contribution in [2.75, 3.05) is 6.61 Å². The molecule has 0 aromatic heterocycles. The number of amides is 1.